The number of aromatic hydroxyl groups is 1. The number of carboxylic acids is 1. The smallest absolute Gasteiger partial charge is 0.326 e. The zero-order chi connectivity index (χ0) is 57.5. The lowest BCUT2D eigenvalue weighted by atomic mass is 10.0. The number of unbranched alkanes of at least 4 members (excludes halogenated alkanes) is 1. The summed E-state index contributed by atoms with van der Waals surface area (Å²) in [7, 11) is 0. The van der Waals surface area contributed by atoms with Crippen LogP contribution < -0.4 is 82.7 Å². The minimum Gasteiger partial charge on any atom is -0.508 e. The number of nitrogens with one attached hydrogen (secondary N) is 8. The summed E-state index contributed by atoms with van der Waals surface area (Å²) in [5, 5.41) is 39.5. The molecule has 1 rings (SSSR count). The lowest BCUT2D eigenvalue weighted by Crippen LogP contribution is -2.59. The van der Waals surface area contributed by atoms with E-state index >= 15 is 0 Å². The monoisotopic (exact) mass is 1090 g/mol. The Kier molecular flexibility index (Phi) is 31.2. The maximum Gasteiger partial charge on any atom is 0.326 e. The maximum atomic E-state index is 14.1. The highest BCUT2D eigenvalue weighted by atomic mass is 32.1. The normalized spacial score (nSPS) is 14.0. The Balaban J connectivity index is 3.34. The van der Waals surface area contributed by atoms with Gasteiger partial charge in [-0.25, -0.2) is 4.79 Å². The number of aliphatic imine (C=N–C) groups is 2. The Morgan fingerprint density at radius 3 is 1.58 bits per heavy atom. The van der Waals surface area contributed by atoms with Gasteiger partial charge < -0.3 is 92.9 Å². The highest BCUT2D eigenvalue weighted by Gasteiger charge is 2.33. The van der Waals surface area contributed by atoms with Crippen LogP contribution in [0.1, 0.15) is 90.5 Å². The molecule has 0 saturated carbocycles. The molecule has 0 heterocycles. The van der Waals surface area contributed by atoms with Crippen LogP contribution in [0, 0.1) is 5.92 Å². The number of carbonyl (C=O) groups excluding carboxylic acids is 9. The average Bonchev–Trinajstić information content (AvgIpc) is 3.34. The van der Waals surface area contributed by atoms with Crippen LogP contribution in [0.5, 0.6) is 5.75 Å². The molecule has 0 spiro atoms. The molecule has 0 fully saturated rings. The third-order valence-corrected chi connectivity index (χ3v) is 11.5. The lowest BCUT2D eigenvalue weighted by Gasteiger charge is -2.26. The van der Waals surface area contributed by atoms with Crippen LogP contribution in [0.4, 0.5) is 0 Å². The van der Waals surface area contributed by atoms with Gasteiger partial charge in [0.05, 0.1) is 12.6 Å². The summed E-state index contributed by atoms with van der Waals surface area (Å²) in [6.07, 6.45) is 0.400. The summed E-state index contributed by atoms with van der Waals surface area (Å²) in [5.41, 5.74) is 38.9. The van der Waals surface area contributed by atoms with Gasteiger partial charge in [-0.05, 0) is 94.9 Å². The number of guanidine groups is 2. The van der Waals surface area contributed by atoms with Crippen molar-refractivity contribution in [3.8, 4) is 5.75 Å². The molecule has 0 aromatic heterocycles. The summed E-state index contributed by atoms with van der Waals surface area (Å²) < 4.78 is 0. The molecule has 1 aromatic carbocycles. The van der Waals surface area contributed by atoms with Gasteiger partial charge in [-0.15, -0.1) is 0 Å². The minimum absolute atomic E-state index is 0.000765. The molecule has 8 atom stereocenters. The van der Waals surface area contributed by atoms with E-state index in [-0.39, 0.29) is 100 Å². The van der Waals surface area contributed by atoms with Gasteiger partial charge in [0, 0.05) is 31.7 Å². The number of aliphatic carboxylic acids is 1. The molecule has 0 aliphatic rings. The molecule has 76 heavy (non-hydrogen) atoms. The molecule has 30 heteroatoms. The highest BCUT2D eigenvalue weighted by molar-refractivity contribution is 7.80. The number of phenolic OH excluding ortho intramolecular Hbond substituents is 1. The van der Waals surface area contributed by atoms with Crippen LogP contribution in [-0.2, 0) is 54.4 Å². The molecule has 1 aromatic rings. The first-order valence-corrected chi connectivity index (χ1v) is 25.3. The second kappa shape index (κ2) is 35.7. The van der Waals surface area contributed by atoms with Crippen molar-refractivity contribution in [3.63, 3.8) is 0 Å². The van der Waals surface area contributed by atoms with Crippen molar-refractivity contribution in [2.24, 2.45) is 56.0 Å². The largest absolute Gasteiger partial charge is 0.508 e. The van der Waals surface area contributed by atoms with Crippen molar-refractivity contribution < 1.29 is 58.2 Å². The topological polar surface area (TPSA) is 514 Å². The summed E-state index contributed by atoms with van der Waals surface area (Å²) in [6, 6.07) is -4.89. The standard InChI is InChI=1S/C46H79N17O12S/c1-24(2)20-28(48)38(68)63-34(23-76)43(73)60-31(15-16-35(49)65)40(70)57-25(3)37(67)62-33(21-26-11-13-27(64)14-12-26)42(72)59-29(8-4-5-17-47)39(69)56-22-36(66)58-30(9-6-18-54-45(50)51)41(71)61-32(44(74)75)10-7-19-55-46(52)53/h11-14,24-25,28-34,64,76H,4-10,15-23,47-48H2,1-3H3,(H2,49,65)(H,56,69)(H,57,70)(H,58,66)(H,59,72)(H,60,73)(H,61,71)(H,62,67)(H,63,68)(H,74,75)(H4,50,51,54)(H4,52,53,55)/t25-,28-,29-,30-,31-,32-,33-,34-/m0/s1. The van der Waals surface area contributed by atoms with Gasteiger partial charge in [-0.3, -0.25) is 53.1 Å². The predicted octanol–water partition coefficient (Wildman–Crippen LogP) is -5.65. The second-order valence-electron chi connectivity index (χ2n) is 18.2. The van der Waals surface area contributed by atoms with E-state index < -0.39 is 114 Å². The minimum atomic E-state index is -1.45. The molecule has 0 aliphatic carbocycles. The number of hydrogen-bond donors (Lipinski definition) is 18. The SMILES string of the molecule is CC(C)C[C@H](N)C(=O)N[C@@H](CS)C(=O)N[C@@H](CCC(N)=O)C(=O)N[C@@H](C)C(=O)N[C@@H](Cc1ccc(O)cc1)C(=O)N[C@@H](CCCCN)C(=O)NCC(=O)N[C@@H](CCCN=C(N)N)C(=O)N[C@@H](CCCN=C(N)N)C(=O)O. The van der Waals surface area contributed by atoms with Crippen LogP contribution in [0.2, 0.25) is 0 Å². The van der Waals surface area contributed by atoms with Crippen LogP contribution >= 0.6 is 12.6 Å². The fourth-order valence-corrected chi connectivity index (χ4v) is 7.30. The summed E-state index contributed by atoms with van der Waals surface area (Å²) in [4.78, 5) is 139. The van der Waals surface area contributed by atoms with Gasteiger partial charge in [-0.1, -0.05) is 26.0 Å². The maximum absolute atomic E-state index is 14.1. The van der Waals surface area contributed by atoms with Crippen LogP contribution in [-0.4, -0.2) is 162 Å². The first-order valence-electron chi connectivity index (χ1n) is 24.6. The van der Waals surface area contributed by atoms with Gasteiger partial charge in [0.1, 0.15) is 48.0 Å². The van der Waals surface area contributed by atoms with Crippen LogP contribution in [0.25, 0.3) is 0 Å². The molecular formula is C46H79N17O12S. The average molecular weight is 1090 g/mol. The molecule has 0 unspecified atom stereocenters. The number of nitrogens with two attached hydrogens (primary N) is 7. The molecule has 0 aliphatic heterocycles. The third-order valence-electron chi connectivity index (χ3n) is 11.1. The summed E-state index contributed by atoms with van der Waals surface area (Å²) in [5.74, 6) is -9.61. The molecule has 9 amide bonds. The van der Waals surface area contributed by atoms with E-state index in [0.717, 1.165) is 0 Å². The quantitative estimate of drug-likeness (QED) is 0.0128. The van der Waals surface area contributed by atoms with Crippen molar-refractivity contribution >= 4 is 83.7 Å². The van der Waals surface area contributed by atoms with Crippen LogP contribution in [0.3, 0.4) is 0 Å². The Morgan fingerprint density at radius 2 is 1.05 bits per heavy atom. The highest BCUT2D eigenvalue weighted by Crippen LogP contribution is 2.13. The number of rotatable bonds is 37. The third kappa shape index (κ3) is 27.7. The zero-order valence-corrected chi connectivity index (χ0v) is 44.1. The van der Waals surface area contributed by atoms with E-state index in [1.807, 2.05) is 13.8 Å². The number of phenols is 1. The predicted molar refractivity (Wildman–Crippen MR) is 284 cm³/mol. The van der Waals surface area contributed by atoms with E-state index in [9.17, 15) is 58.2 Å². The molecule has 24 N–H and O–H groups in total. The van der Waals surface area contributed by atoms with E-state index in [1.165, 1.54) is 31.2 Å². The van der Waals surface area contributed by atoms with Crippen molar-refractivity contribution in [1.82, 2.24) is 42.5 Å². The molecule has 0 bridgehead atoms. The van der Waals surface area contributed by atoms with Gasteiger partial charge in [-0.2, -0.15) is 12.6 Å². The Hall–Kier alpha value is -7.47. The molecule has 0 saturated heterocycles. The number of nitrogens with zero attached hydrogens (tertiary/aromatic N) is 2. The van der Waals surface area contributed by atoms with Crippen molar-refractivity contribution in [2.75, 3.05) is 31.9 Å². The number of thiol groups is 1. The van der Waals surface area contributed by atoms with Crippen LogP contribution in [0.15, 0.2) is 34.3 Å². The van der Waals surface area contributed by atoms with E-state index in [0.29, 0.717) is 24.8 Å². The number of carboxylic acid groups (broad SMARTS) is 1. The van der Waals surface area contributed by atoms with Crippen molar-refractivity contribution in [3.05, 3.63) is 29.8 Å². The van der Waals surface area contributed by atoms with Crippen molar-refractivity contribution in [2.45, 2.75) is 140 Å². The lowest BCUT2D eigenvalue weighted by molar-refractivity contribution is -0.142. The fourth-order valence-electron chi connectivity index (χ4n) is 7.04. The van der Waals surface area contributed by atoms with Gasteiger partial charge in [0.15, 0.2) is 11.9 Å². The first-order chi connectivity index (χ1) is 35.8. The second-order valence-corrected chi connectivity index (χ2v) is 18.6. The zero-order valence-electron chi connectivity index (χ0n) is 43.2. The Bertz CT molecular complexity index is 2160. The molecule has 29 nitrogen and oxygen atoms in total. The number of benzene rings is 1. The summed E-state index contributed by atoms with van der Waals surface area (Å²) >= 11 is 4.15. The Labute approximate surface area is 446 Å². The molecular weight excluding hydrogens is 1010 g/mol. The van der Waals surface area contributed by atoms with Crippen molar-refractivity contribution in [1.29, 1.82) is 0 Å². The number of amides is 9. The summed E-state index contributed by atoms with van der Waals surface area (Å²) in [6.45, 7) is 4.65. The van der Waals surface area contributed by atoms with E-state index in [2.05, 4.69) is 65.1 Å². The number of hydrogen-bond acceptors (Lipinski definition) is 16. The number of carbonyl (C=O) groups is 10. The van der Waals surface area contributed by atoms with Gasteiger partial charge in [0.25, 0.3) is 0 Å². The first kappa shape index (κ1) is 66.5. The van der Waals surface area contributed by atoms with E-state index in [4.69, 9.17) is 40.1 Å². The molecule has 426 valence electrons. The van der Waals surface area contributed by atoms with Gasteiger partial charge in [0.2, 0.25) is 53.2 Å². The van der Waals surface area contributed by atoms with Gasteiger partial charge >= 0.3 is 5.97 Å². The molecule has 0 radical (unpaired) electrons. The number of primary amides is 1. The Morgan fingerprint density at radius 1 is 0.579 bits per heavy atom. The van der Waals surface area contributed by atoms with E-state index in [1.54, 1.807) is 0 Å². The fraction of sp³-hybridized carbons (Fsp3) is 0.609.